The number of aromatic nitrogens is 1. The minimum atomic E-state index is -1.18. The zero-order valence-corrected chi connectivity index (χ0v) is 20.4. The molecule has 2 amide bonds. The van der Waals surface area contributed by atoms with Crippen molar-refractivity contribution in [2.75, 3.05) is 5.32 Å². The van der Waals surface area contributed by atoms with Gasteiger partial charge in [0.15, 0.2) is 0 Å². The molecule has 2 atom stereocenters. The second-order valence-corrected chi connectivity index (χ2v) is 9.35. The number of benzene rings is 2. The Balaban J connectivity index is 2.08. The molecule has 0 saturated heterocycles. The lowest BCUT2D eigenvalue weighted by molar-refractivity contribution is -0.118. The first kappa shape index (κ1) is 25.8. The smallest absolute Gasteiger partial charge is 0.408 e. The van der Waals surface area contributed by atoms with Gasteiger partial charge in [-0.2, -0.15) is 0 Å². The van der Waals surface area contributed by atoms with Gasteiger partial charge in [0.05, 0.1) is 18.1 Å². The lowest BCUT2D eigenvalue weighted by Crippen LogP contribution is -2.49. The molecule has 184 valence electrons. The number of nitrogens with zero attached hydrogens (tertiary/aromatic N) is 1. The second kappa shape index (κ2) is 10.6. The summed E-state index contributed by atoms with van der Waals surface area (Å²) >= 11 is 0. The summed E-state index contributed by atoms with van der Waals surface area (Å²) in [4.78, 5) is 30.2. The Labute approximate surface area is 203 Å². The van der Waals surface area contributed by atoms with Gasteiger partial charge in [-0.25, -0.2) is 13.6 Å². The van der Waals surface area contributed by atoms with E-state index in [4.69, 9.17) is 4.74 Å². The molecular formula is C27H29F2N3O3. The van der Waals surface area contributed by atoms with Gasteiger partial charge in [-0.3, -0.25) is 9.78 Å². The van der Waals surface area contributed by atoms with Crippen LogP contribution in [-0.2, 0) is 9.53 Å². The van der Waals surface area contributed by atoms with Crippen molar-refractivity contribution in [2.45, 2.75) is 52.2 Å². The summed E-state index contributed by atoms with van der Waals surface area (Å²) in [7, 11) is 0. The predicted octanol–water partition coefficient (Wildman–Crippen LogP) is 5.64. The largest absolute Gasteiger partial charge is 0.444 e. The van der Waals surface area contributed by atoms with E-state index in [0.717, 1.165) is 11.8 Å². The molecule has 0 aliphatic carbocycles. The Hall–Kier alpha value is -3.81. The fourth-order valence-corrected chi connectivity index (χ4v) is 3.59. The normalized spacial score (nSPS) is 13.0. The Morgan fingerprint density at radius 1 is 0.914 bits per heavy atom. The standard InChI is InChI=1S/C27H29F2N3O3/c1-16-6-8-18(9-7-16)23(19-10-12-20(28)13-11-19)24(32-26(34)35-27(3,4)5)25(33)31-22-15-30-14-21(29)17(22)2/h6-15,23-24H,1-5H3,(H,31,33)(H,32,34). The highest BCUT2D eigenvalue weighted by atomic mass is 19.1. The number of carbonyl (C=O) groups is 2. The number of pyridine rings is 1. The first-order chi connectivity index (χ1) is 16.4. The number of nitrogens with one attached hydrogen (secondary N) is 2. The SMILES string of the molecule is Cc1ccc(C(c2ccc(F)cc2)C(NC(=O)OC(C)(C)C)C(=O)Nc2cncc(F)c2C)cc1. The number of hydrogen-bond donors (Lipinski definition) is 2. The number of halogens is 2. The van der Waals surface area contributed by atoms with Crippen LogP contribution in [0.4, 0.5) is 19.3 Å². The van der Waals surface area contributed by atoms with E-state index in [1.54, 1.807) is 32.9 Å². The van der Waals surface area contributed by atoms with Gasteiger partial charge in [-0.1, -0.05) is 42.0 Å². The van der Waals surface area contributed by atoms with Crippen LogP contribution in [0.5, 0.6) is 0 Å². The highest BCUT2D eigenvalue weighted by Gasteiger charge is 2.34. The summed E-state index contributed by atoms with van der Waals surface area (Å²) in [5.41, 5.74) is 1.90. The van der Waals surface area contributed by atoms with Crippen LogP contribution in [0.1, 0.15) is 48.9 Å². The van der Waals surface area contributed by atoms with E-state index in [9.17, 15) is 18.4 Å². The van der Waals surface area contributed by atoms with E-state index in [-0.39, 0.29) is 11.3 Å². The van der Waals surface area contributed by atoms with E-state index in [1.807, 2.05) is 31.2 Å². The summed E-state index contributed by atoms with van der Waals surface area (Å²) < 4.78 is 33.2. The Morgan fingerprint density at radius 3 is 2.06 bits per heavy atom. The third-order valence-electron chi connectivity index (χ3n) is 5.37. The molecule has 35 heavy (non-hydrogen) atoms. The number of aryl methyl sites for hydroxylation is 1. The fourth-order valence-electron chi connectivity index (χ4n) is 3.59. The Kier molecular flexibility index (Phi) is 7.84. The molecule has 0 bridgehead atoms. The average molecular weight is 482 g/mol. The molecule has 3 aromatic rings. The minimum Gasteiger partial charge on any atom is -0.444 e. The first-order valence-corrected chi connectivity index (χ1v) is 11.2. The topological polar surface area (TPSA) is 80.3 Å². The molecule has 2 N–H and O–H groups in total. The molecular weight excluding hydrogens is 452 g/mol. The molecule has 0 aliphatic rings. The maximum absolute atomic E-state index is 14.1. The monoisotopic (exact) mass is 481 g/mol. The Bertz CT molecular complexity index is 1140. The number of hydrogen-bond acceptors (Lipinski definition) is 4. The molecule has 0 spiro atoms. The second-order valence-electron chi connectivity index (χ2n) is 9.35. The van der Waals surface area contributed by atoms with Gasteiger partial charge in [-0.15, -0.1) is 0 Å². The molecule has 0 fully saturated rings. The fraction of sp³-hybridized carbons (Fsp3) is 0.296. The van der Waals surface area contributed by atoms with Crippen LogP contribution in [0, 0.1) is 25.5 Å². The minimum absolute atomic E-state index is 0.174. The van der Waals surface area contributed by atoms with Crippen LogP contribution in [0.2, 0.25) is 0 Å². The summed E-state index contributed by atoms with van der Waals surface area (Å²) in [6, 6.07) is 12.0. The van der Waals surface area contributed by atoms with Crippen molar-refractivity contribution < 1.29 is 23.1 Å². The summed E-state index contributed by atoms with van der Waals surface area (Å²) in [6.45, 7) is 8.57. The van der Waals surface area contributed by atoms with Gasteiger partial charge in [0.25, 0.3) is 0 Å². The van der Waals surface area contributed by atoms with Crippen molar-refractivity contribution in [3.05, 3.63) is 94.8 Å². The molecule has 0 aliphatic heterocycles. The molecule has 8 heteroatoms. The van der Waals surface area contributed by atoms with Gasteiger partial charge < -0.3 is 15.4 Å². The molecule has 1 aromatic heterocycles. The summed E-state index contributed by atoms with van der Waals surface area (Å²) in [6.07, 6.45) is 1.58. The van der Waals surface area contributed by atoms with E-state index in [1.165, 1.54) is 25.3 Å². The average Bonchev–Trinajstić information content (AvgIpc) is 2.77. The lowest BCUT2D eigenvalue weighted by Gasteiger charge is -2.30. The maximum Gasteiger partial charge on any atom is 0.408 e. The lowest BCUT2D eigenvalue weighted by atomic mass is 9.84. The van der Waals surface area contributed by atoms with Crippen LogP contribution in [0.25, 0.3) is 0 Å². The number of amides is 2. The van der Waals surface area contributed by atoms with Gasteiger partial charge in [0.1, 0.15) is 23.3 Å². The molecule has 2 unspecified atom stereocenters. The van der Waals surface area contributed by atoms with Gasteiger partial charge in [0, 0.05) is 11.5 Å². The highest BCUT2D eigenvalue weighted by Crippen LogP contribution is 2.30. The summed E-state index contributed by atoms with van der Waals surface area (Å²) in [5.74, 6) is -2.32. The molecule has 6 nitrogen and oxygen atoms in total. The van der Waals surface area contributed by atoms with Crippen molar-refractivity contribution >= 4 is 17.7 Å². The van der Waals surface area contributed by atoms with Crippen LogP contribution in [0.3, 0.4) is 0 Å². The van der Waals surface area contributed by atoms with E-state index < -0.39 is 41.2 Å². The maximum atomic E-state index is 14.1. The molecule has 2 aromatic carbocycles. The first-order valence-electron chi connectivity index (χ1n) is 11.2. The number of ether oxygens (including phenoxy) is 1. The van der Waals surface area contributed by atoms with Crippen molar-refractivity contribution in [1.29, 1.82) is 0 Å². The van der Waals surface area contributed by atoms with E-state index in [0.29, 0.717) is 11.1 Å². The van der Waals surface area contributed by atoms with Crippen molar-refractivity contribution in [1.82, 2.24) is 10.3 Å². The molecule has 0 radical (unpaired) electrons. The quantitative estimate of drug-likeness (QED) is 0.478. The number of anilines is 1. The van der Waals surface area contributed by atoms with Crippen LogP contribution >= 0.6 is 0 Å². The van der Waals surface area contributed by atoms with Crippen LogP contribution in [0.15, 0.2) is 60.9 Å². The summed E-state index contributed by atoms with van der Waals surface area (Å²) in [5, 5.41) is 5.35. The number of carbonyl (C=O) groups excluding carboxylic acids is 2. The van der Waals surface area contributed by atoms with E-state index >= 15 is 0 Å². The van der Waals surface area contributed by atoms with Crippen molar-refractivity contribution in [3.8, 4) is 0 Å². The van der Waals surface area contributed by atoms with Gasteiger partial charge >= 0.3 is 6.09 Å². The number of rotatable bonds is 6. The molecule has 3 rings (SSSR count). The zero-order valence-electron chi connectivity index (χ0n) is 20.4. The molecule has 0 saturated carbocycles. The van der Waals surface area contributed by atoms with Gasteiger partial charge in [-0.05, 0) is 57.9 Å². The van der Waals surface area contributed by atoms with Crippen molar-refractivity contribution in [3.63, 3.8) is 0 Å². The highest BCUT2D eigenvalue weighted by molar-refractivity contribution is 5.98. The van der Waals surface area contributed by atoms with E-state index in [2.05, 4.69) is 15.6 Å². The molecule has 1 heterocycles. The van der Waals surface area contributed by atoms with Crippen LogP contribution in [-0.4, -0.2) is 28.6 Å². The number of alkyl carbamates (subject to hydrolysis) is 1. The van der Waals surface area contributed by atoms with Crippen molar-refractivity contribution in [2.24, 2.45) is 0 Å². The predicted molar refractivity (Wildman–Crippen MR) is 130 cm³/mol. The van der Waals surface area contributed by atoms with Crippen LogP contribution < -0.4 is 10.6 Å². The zero-order chi connectivity index (χ0) is 25.8. The Morgan fingerprint density at radius 2 is 1.49 bits per heavy atom. The third kappa shape index (κ3) is 6.85. The van der Waals surface area contributed by atoms with Gasteiger partial charge in [0.2, 0.25) is 5.91 Å². The third-order valence-corrected chi connectivity index (χ3v) is 5.37.